The summed E-state index contributed by atoms with van der Waals surface area (Å²) in [6.45, 7) is 1.28. The molecule has 26 heavy (non-hydrogen) atoms. The largest absolute Gasteiger partial charge is 0.455 e. The van der Waals surface area contributed by atoms with Crippen molar-refractivity contribution in [3.63, 3.8) is 0 Å². The lowest BCUT2D eigenvalue weighted by molar-refractivity contribution is -0.146. The maximum atomic E-state index is 12.7. The molecule has 0 unspecified atom stereocenters. The van der Waals surface area contributed by atoms with Crippen molar-refractivity contribution < 1.29 is 27.5 Å². The lowest BCUT2D eigenvalue weighted by Gasteiger charge is -2.12. The molecule has 0 saturated heterocycles. The molecule has 0 atom stereocenters. The van der Waals surface area contributed by atoms with Gasteiger partial charge in [0.05, 0.1) is 22.7 Å². The Labute approximate surface area is 152 Å². The first-order valence-corrected chi connectivity index (χ1v) is 7.91. The minimum atomic E-state index is -4.56. The fourth-order valence-electron chi connectivity index (χ4n) is 2.05. The summed E-state index contributed by atoms with van der Waals surface area (Å²) in [7, 11) is 0. The fraction of sp³-hybridized carbons (Fsp3) is 0.222. The van der Waals surface area contributed by atoms with Crippen molar-refractivity contribution in [1.29, 1.82) is 0 Å². The highest BCUT2D eigenvalue weighted by atomic mass is 35.5. The highest BCUT2D eigenvalue weighted by Crippen LogP contribution is 2.33. The third-order valence-electron chi connectivity index (χ3n) is 3.40. The summed E-state index contributed by atoms with van der Waals surface area (Å²) in [5, 5.41) is 2.14. The summed E-state index contributed by atoms with van der Waals surface area (Å²) >= 11 is 5.78. The molecule has 0 aromatic heterocycles. The molecule has 0 heterocycles. The van der Waals surface area contributed by atoms with Crippen LogP contribution in [-0.4, -0.2) is 18.5 Å². The number of ether oxygens (including phenoxy) is 1. The average Bonchev–Trinajstić information content (AvgIpc) is 2.56. The molecule has 0 fully saturated rings. The van der Waals surface area contributed by atoms with Crippen LogP contribution in [-0.2, 0) is 26.9 Å². The number of hydrogen-bond donors (Lipinski definition) is 1. The van der Waals surface area contributed by atoms with Crippen molar-refractivity contribution in [3.05, 3.63) is 64.2 Å². The van der Waals surface area contributed by atoms with Crippen LogP contribution >= 0.6 is 11.6 Å². The third-order valence-corrected chi connectivity index (χ3v) is 3.73. The van der Waals surface area contributed by atoms with Gasteiger partial charge in [-0.1, -0.05) is 41.4 Å². The van der Waals surface area contributed by atoms with E-state index in [4.69, 9.17) is 16.3 Å². The Kier molecular flexibility index (Phi) is 6.26. The normalized spacial score (nSPS) is 11.1. The second-order valence-corrected chi connectivity index (χ2v) is 5.97. The Morgan fingerprint density at radius 2 is 1.77 bits per heavy atom. The van der Waals surface area contributed by atoms with Crippen LogP contribution < -0.4 is 5.32 Å². The molecule has 0 spiro atoms. The molecule has 0 aliphatic carbocycles. The molecule has 2 aromatic carbocycles. The van der Waals surface area contributed by atoms with E-state index in [1.807, 2.05) is 19.1 Å². The molecule has 0 aliphatic heterocycles. The third kappa shape index (κ3) is 5.77. The number of rotatable bonds is 5. The van der Waals surface area contributed by atoms with Gasteiger partial charge in [-0.25, -0.2) is 0 Å². The average molecular weight is 386 g/mol. The highest BCUT2D eigenvalue weighted by molar-refractivity contribution is 6.33. The van der Waals surface area contributed by atoms with Gasteiger partial charge in [0.15, 0.2) is 6.61 Å². The summed E-state index contributed by atoms with van der Waals surface area (Å²) in [6, 6.07) is 9.76. The van der Waals surface area contributed by atoms with Gasteiger partial charge in [-0.15, -0.1) is 0 Å². The molecule has 2 aromatic rings. The Hall–Kier alpha value is -2.54. The topological polar surface area (TPSA) is 55.4 Å². The second-order valence-electron chi connectivity index (χ2n) is 5.56. The van der Waals surface area contributed by atoms with E-state index in [0.29, 0.717) is 6.07 Å². The van der Waals surface area contributed by atoms with Crippen LogP contribution in [0.25, 0.3) is 0 Å². The van der Waals surface area contributed by atoms with Gasteiger partial charge in [0.1, 0.15) is 0 Å². The molecule has 4 nitrogen and oxygen atoms in total. The zero-order valence-corrected chi connectivity index (χ0v) is 14.4. The van der Waals surface area contributed by atoms with Gasteiger partial charge < -0.3 is 10.1 Å². The molecule has 1 N–H and O–H groups in total. The predicted octanol–water partition coefficient (Wildman–Crippen LogP) is 4.39. The maximum Gasteiger partial charge on any atom is 0.416 e. The van der Waals surface area contributed by atoms with Crippen molar-refractivity contribution in [2.45, 2.75) is 19.5 Å². The van der Waals surface area contributed by atoms with Gasteiger partial charge in [0.2, 0.25) is 0 Å². The van der Waals surface area contributed by atoms with Crippen molar-refractivity contribution >= 4 is 29.2 Å². The fourth-order valence-corrected chi connectivity index (χ4v) is 2.22. The summed E-state index contributed by atoms with van der Waals surface area (Å²) in [5.74, 6) is -1.41. The van der Waals surface area contributed by atoms with E-state index < -0.39 is 30.2 Å². The summed E-state index contributed by atoms with van der Waals surface area (Å²) < 4.78 is 42.9. The summed E-state index contributed by atoms with van der Waals surface area (Å²) in [5.41, 5.74) is 0.607. The summed E-state index contributed by atoms with van der Waals surface area (Å²) in [4.78, 5) is 23.5. The Morgan fingerprint density at radius 1 is 1.12 bits per heavy atom. The standard InChI is InChI=1S/C18H15ClF3NO3/c1-11-2-4-12(5-3-11)8-17(25)26-10-16(24)23-15-9-13(18(20,21)22)6-7-14(15)19/h2-7,9H,8,10H2,1H3,(H,23,24). The molecule has 0 saturated carbocycles. The molecule has 2 rings (SSSR count). The van der Waals surface area contributed by atoms with Gasteiger partial charge in [0, 0.05) is 0 Å². The molecular weight excluding hydrogens is 371 g/mol. The molecule has 8 heteroatoms. The number of carbonyl (C=O) groups excluding carboxylic acids is 2. The second kappa shape index (κ2) is 8.23. The number of nitrogens with one attached hydrogen (secondary N) is 1. The molecule has 0 radical (unpaired) electrons. The number of hydrogen-bond acceptors (Lipinski definition) is 3. The minimum Gasteiger partial charge on any atom is -0.455 e. The number of esters is 1. The smallest absolute Gasteiger partial charge is 0.416 e. The first kappa shape index (κ1) is 19.8. The van der Waals surface area contributed by atoms with E-state index in [-0.39, 0.29) is 17.1 Å². The number of alkyl halides is 3. The van der Waals surface area contributed by atoms with Crippen LogP contribution in [0.15, 0.2) is 42.5 Å². The monoisotopic (exact) mass is 385 g/mol. The number of aryl methyl sites for hydroxylation is 1. The molecule has 138 valence electrons. The molecule has 0 bridgehead atoms. The first-order chi connectivity index (χ1) is 12.1. The quantitative estimate of drug-likeness (QED) is 0.776. The van der Waals surface area contributed by atoms with E-state index >= 15 is 0 Å². The van der Waals surface area contributed by atoms with Crippen molar-refractivity contribution in [2.75, 3.05) is 11.9 Å². The lowest BCUT2D eigenvalue weighted by atomic mass is 10.1. The molecule has 0 aliphatic rings. The Balaban J connectivity index is 1.90. The number of anilines is 1. The van der Waals surface area contributed by atoms with Gasteiger partial charge in [-0.05, 0) is 30.7 Å². The van der Waals surface area contributed by atoms with E-state index in [0.717, 1.165) is 23.3 Å². The van der Waals surface area contributed by atoms with E-state index in [2.05, 4.69) is 5.32 Å². The minimum absolute atomic E-state index is 0.0160. The van der Waals surface area contributed by atoms with E-state index in [1.165, 1.54) is 0 Å². The van der Waals surface area contributed by atoms with E-state index in [1.54, 1.807) is 12.1 Å². The van der Waals surface area contributed by atoms with Crippen molar-refractivity contribution in [1.82, 2.24) is 0 Å². The SMILES string of the molecule is Cc1ccc(CC(=O)OCC(=O)Nc2cc(C(F)(F)F)ccc2Cl)cc1. The molecule has 1 amide bonds. The number of halogens is 4. The number of carbonyl (C=O) groups is 2. The van der Waals surface area contributed by atoms with Crippen LogP contribution in [0, 0.1) is 6.92 Å². The number of benzene rings is 2. The number of amides is 1. The van der Waals surface area contributed by atoms with Crippen LogP contribution in [0.2, 0.25) is 5.02 Å². The highest BCUT2D eigenvalue weighted by Gasteiger charge is 2.31. The van der Waals surface area contributed by atoms with Crippen LogP contribution in [0.5, 0.6) is 0 Å². The van der Waals surface area contributed by atoms with Gasteiger partial charge in [-0.3, -0.25) is 9.59 Å². The predicted molar refractivity (Wildman–Crippen MR) is 90.9 cm³/mol. The van der Waals surface area contributed by atoms with Gasteiger partial charge in [-0.2, -0.15) is 13.2 Å². The Morgan fingerprint density at radius 3 is 2.38 bits per heavy atom. The van der Waals surface area contributed by atoms with Gasteiger partial charge >= 0.3 is 12.1 Å². The molecular formula is C18H15ClF3NO3. The first-order valence-electron chi connectivity index (χ1n) is 7.53. The van der Waals surface area contributed by atoms with Crippen LogP contribution in [0.3, 0.4) is 0 Å². The van der Waals surface area contributed by atoms with Gasteiger partial charge in [0.25, 0.3) is 5.91 Å². The Bertz CT molecular complexity index is 804. The maximum absolute atomic E-state index is 12.7. The van der Waals surface area contributed by atoms with Crippen LogP contribution in [0.4, 0.5) is 18.9 Å². The van der Waals surface area contributed by atoms with Crippen molar-refractivity contribution in [3.8, 4) is 0 Å². The lowest BCUT2D eigenvalue weighted by Crippen LogP contribution is -2.22. The summed E-state index contributed by atoms with van der Waals surface area (Å²) in [6.07, 6.45) is -4.58. The zero-order valence-electron chi connectivity index (χ0n) is 13.7. The van der Waals surface area contributed by atoms with Crippen molar-refractivity contribution in [2.24, 2.45) is 0 Å². The zero-order chi connectivity index (χ0) is 19.3. The van der Waals surface area contributed by atoms with E-state index in [9.17, 15) is 22.8 Å². The van der Waals surface area contributed by atoms with Crippen LogP contribution in [0.1, 0.15) is 16.7 Å².